The number of hydrogen-bond acceptors (Lipinski definition) is 4. The number of nitrogens with one attached hydrogen (secondary N) is 1. The highest BCUT2D eigenvalue weighted by molar-refractivity contribution is 9.10. The van der Waals surface area contributed by atoms with Crippen LogP contribution in [0.1, 0.15) is 11.1 Å². The molecule has 2 aromatic carbocycles. The monoisotopic (exact) mass is 406 g/mol. The third kappa shape index (κ3) is 4.08. The van der Waals surface area contributed by atoms with Crippen molar-refractivity contribution >= 4 is 26.0 Å². The van der Waals surface area contributed by atoms with Crippen LogP contribution < -0.4 is 4.72 Å². The lowest BCUT2D eigenvalue weighted by Crippen LogP contribution is -2.23. The minimum absolute atomic E-state index is 0.229. The molecule has 0 aliphatic heterocycles. The van der Waals surface area contributed by atoms with Crippen molar-refractivity contribution in [1.29, 1.82) is 0 Å². The normalized spacial score (nSPS) is 11.5. The lowest BCUT2D eigenvalue weighted by atomic mass is 10.1. The maximum Gasteiger partial charge on any atom is 0.241 e. The van der Waals surface area contributed by atoms with Gasteiger partial charge in [-0.15, -0.1) is 0 Å². The first-order chi connectivity index (χ1) is 11.5. The molecule has 0 bridgehead atoms. The summed E-state index contributed by atoms with van der Waals surface area (Å²) in [4.78, 5) is 4.13. The van der Waals surface area contributed by atoms with Gasteiger partial charge in [-0.2, -0.15) is 5.10 Å². The molecule has 0 saturated carbocycles. The lowest BCUT2D eigenvalue weighted by Gasteiger charge is -2.09. The minimum atomic E-state index is -3.56. The molecule has 8 heteroatoms. The molecular formula is C16H15BrN4O2S. The molecule has 0 aliphatic rings. The molecule has 124 valence electrons. The van der Waals surface area contributed by atoms with Gasteiger partial charge in [0.2, 0.25) is 10.0 Å². The second-order valence-electron chi connectivity index (χ2n) is 5.16. The highest BCUT2D eigenvalue weighted by Crippen LogP contribution is 2.21. The van der Waals surface area contributed by atoms with E-state index < -0.39 is 10.0 Å². The molecule has 0 aliphatic carbocycles. The molecule has 0 unspecified atom stereocenters. The van der Waals surface area contributed by atoms with Gasteiger partial charge in [-0.05, 0) is 39.2 Å². The van der Waals surface area contributed by atoms with Crippen LogP contribution in [-0.4, -0.2) is 23.2 Å². The van der Waals surface area contributed by atoms with E-state index in [1.807, 2.05) is 24.3 Å². The average Bonchev–Trinajstić information content (AvgIpc) is 3.07. The maximum absolute atomic E-state index is 12.3. The molecule has 0 spiro atoms. The summed E-state index contributed by atoms with van der Waals surface area (Å²) >= 11 is 3.26. The molecular weight excluding hydrogens is 392 g/mol. The van der Waals surface area contributed by atoms with E-state index in [-0.39, 0.29) is 11.4 Å². The van der Waals surface area contributed by atoms with Crippen molar-refractivity contribution in [3.8, 4) is 0 Å². The molecule has 24 heavy (non-hydrogen) atoms. The van der Waals surface area contributed by atoms with Gasteiger partial charge in [0.1, 0.15) is 12.7 Å². The molecule has 1 N–H and O–H groups in total. The van der Waals surface area contributed by atoms with Crippen LogP contribution >= 0.6 is 15.9 Å². The van der Waals surface area contributed by atoms with Crippen LogP contribution in [-0.2, 0) is 23.1 Å². The van der Waals surface area contributed by atoms with Crippen molar-refractivity contribution in [2.75, 3.05) is 0 Å². The van der Waals surface area contributed by atoms with Gasteiger partial charge in [0.15, 0.2) is 0 Å². The van der Waals surface area contributed by atoms with Crippen LogP contribution in [0.5, 0.6) is 0 Å². The fraction of sp³-hybridized carbons (Fsp3) is 0.125. The van der Waals surface area contributed by atoms with E-state index in [1.54, 1.807) is 35.3 Å². The zero-order chi connectivity index (χ0) is 17.0. The topological polar surface area (TPSA) is 76.9 Å². The summed E-state index contributed by atoms with van der Waals surface area (Å²) in [7, 11) is -3.56. The van der Waals surface area contributed by atoms with Gasteiger partial charge in [0, 0.05) is 11.0 Å². The Morgan fingerprint density at radius 2 is 1.75 bits per heavy atom. The molecule has 3 rings (SSSR count). The van der Waals surface area contributed by atoms with E-state index in [1.165, 1.54) is 6.33 Å². The number of halogens is 1. The summed E-state index contributed by atoms with van der Waals surface area (Å²) in [6.07, 6.45) is 3.14. The Labute approximate surface area is 148 Å². The van der Waals surface area contributed by atoms with E-state index in [4.69, 9.17) is 0 Å². The molecule has 6 nitrogen and oxygen atoms in total. The Hall–Kier alpha value is -2.03. The third-order valence-electron chi connectivity index (χ3n) is 3.43. The van der Waals surface area contributed by atoms with E-state index in [0.717, 1.165) is 11.1 Å². The fourth-order valence-corrected chi connectivity index (χ4v) is 4.20. The number of benzene rings is 2. The first-order valence-corrected chi connectivity index (χ1v) is 9.47. The van der Waals surface area contributed by atoms with Crippen LogP contribution in [0.4, 0.5) is 0 Å². The van der Waals surface area contributed by atoms with E-state index in [9.17, 15) is 8.42 Å². The van der Waals surface area contributed by atoms with Gasteiger partial charge in [-0.25, -0.2) is 22.8 Å². The van der Waals surface area contributed by atoms with Crippen molar-refractivity contribution in [3.63, 3.8) is 0 Å². The molecule has 0 amide bonds. The number of rotatable bonds is 6. The van der Waals surface area contributed by atoms with Crippen molar-refractivity contribution < 1.29 is 8.42 Å². The highest BCUT2D eigenvalue weighted by Gasteiger charge is 2.16. The predicted octanol–water partition coefficient (Wildman–Crippen LogP) is 2.57. The second-order valence-corrected chi connectivity index (χ2v) is 7.75. The molecule has 0 fully saturated rings. The second kappa shape index (κ2) is 7.25. The number of hydrogen-bond donors (Lipinski definition) is 1. The van der Waals surface area contributed by atoms with Gasteiger partial charge >= 0.3 is 0 Å². The molecule has 1 aromatic heterocycles. The van der Waals surface area contributed by atoms with Crippen LogP contribution in [0, 0.1) is 0 Å². The van der Waals surface area contributed by atoms with Crippen LogP contribution in [0.15, 0.2) is 70.6 Å². The Balaban J connectivity index is 1.65. The van der Waals surface area contributed by atoms with Crippen LogP contribution in [0.25, 0.3) is 0 Å². The molecule has 0 saturated heterocycles. The minimum Gasteiger partial charge on any atom is -0.249 e. The van der Waals surface area contributed by atoms with Crippen molar-refractivity contribution in [2.45, 2.75) is 18.0 Å². The predicted molar refractivity (Wildman–Crippen MR) is 93.7 cm³/mol. The van der Waals surface area contributed by atoms with E-state index in [2.05, 4.69) is 30.7 Å². The van der Waals surface area contributed by atoms with Crippen LogP contribution in [0.3, 0.4) is 0 Å². The summed E-state index contributed by atoms with van der Waals surface area (Å²) < 4.78 is 29.6. The van der Waals surface area contributed by atoms with Crippen molar-refractivity contribution in [1.82, 2.24) is 19.5 Å². The number of aromatic nitrogens is 3. The van der Waals surface area contributed by atoms with E-state index >= 15 is 0 Å². The average molecular weight is 407 g/mol. The Kier molecular flexibility index (Phi) is 5.08. The SMILES string of the molecule is O=S(=O)(NCc1ccc(Cn2cncn2)cc1)c1ccccc1Br. The van der Waals surface area contributed by atoms with Gasteiger partial charge in [0.25, 0.3) is 0 Å². The van der Waals surface area contributed by atoms with E-state index in [0.29, 0.717) is 11.0 Å². The number of sulfonamides is 1. The van der Waals surface area contributed by atoms with Crippen molar-refractivity contribution in [2.24, 2.45) is 0 Å². The first kappa shape index (κ1) is 16.8. The molecule has 0 radical (unpaired) electrons. The molecule has 3 aromatic rings. The first-order valence-electron chi connectivity index (χ1n) is 7.19. The summed E-state index contributed by atoms with van der Waals surface area (Å²) in [5.74, 6) is 0. The Morgan fingerprint density at radius 1 is 1.04 bits per heavy atom. The van der Waals surface area contributed by atoms with Crippen molar-refractivity contribution in [3.05, 3.63) is 76.8 Å². The largest absolute Gasteiger partial charge is 0.249 e. The van der Waals surface area contributed by atoms with Gasteiger partial charge in [0.05, 0.1) is 11.4 Å². The molecule has 1 heterocycles. The zero-order valence-electron chi connectivity index (χ0n) is 12.6. The smallest absolute Gasteiger partial charge is 0.241 e. The standard InChI is InChI=1S/C16H15BrN4O2S/c17-15-3-1-2-4-16(15)24(22,23)20-9-13-5-7-14(8-6-13)10-21-12-18-11-19-21/h1-8,11-12,20H,9-10H2. The van der Waals surface area contributed by atoms with Crippen LogP contribution in [0.2, 0.25) is 0 Å². The zero-order valence-corrected chi connectivity index (χ0v) is 15.0. The third-order valence-corrected chi connectivity index (χ3v) is 5.84. The Bertz CT molecular complexity index is 910. The summed E-state index contributed by atoms with van der Waals surface area (Å²) in [6, 6.07) is 14.4. The maximum atomic E-state index is 12.3. The lowest BCUT2D eigenvalue weighted by molar-refractivity contribution is 0.581. The summed E-state index contributed by atoms with van der Waals surface area (Å²) in [5.41, 5.74) is 1.95. The fourth-order valence-electron chi connectivity index (χ4n) is 2.18. The van der Waals surface area contributed by atoms with Gasteiger partial charge < -0.3 is 0 Å². The van der Waals surface area contributed by atoms with Gasteiger partial charge in [-0.1, -0.05) is 36.4 Å². The summed E-state index contributed by atoms with van der Waals surface area (Å²) in [5, 5.41) is 4.05. The summed E-state index contributed by atoms with van der Waals surface area (Å²) in [6.45, 7) is 0.857. The van der Waals surface area contributed by atoms with Gasteiger partial charge in [-0.3, -0.25) is 0 Å². The quantitative estimate of drug-likeness (QED) is 0.682. The highest BCUT2D eigenvalue weighted by atomic mass is 79.9. The Morgan fingerprint density at radius 3 is 2.42 bits per heavy atom. The molecule has 0 atom stereocenters. The number of nitrogens with zero attached hydrogens (tertiary/aromatic N) is 3.